The van der Waals surface area contributed by atoms with Crippen LogP contribution in [0.1, 0.15) is 43.7 Å². The lowest BCUT2D eigenvalue weighted by Gasteiger charge is -2.23. The van der Waals surface area contributed by atoms with Crippen LogP contribution < -0.4 is 5.32 Å². The number of hydrogen-bond acceptors (Lipinski definition) is 3. The standard InChI is InChI=1S/C21H26N2O3S/c1-16(2)18-10-12-19(13-11-18)27(25,26)23-14-6-9-20(23)21(24)22-15-17-7-4-3-5-8-17/h3-5,7-8,10-13,16,20H,6,9,14-15H2,1-2H3,(H,22,24)/t20-/m0/s1. The van der Waals surface area contributed by atoms with Crippen LogP contribution in [0.3, 0.4) is 0 Å². The monoisotopic (exact) mass is 386 g/mol. The second-order valence-electron chi connectivity index (χ2n) is 7.20. The Hall–Kier alpha value is -2.18. The average Bonchev–Trinajstić information content (AvgIpc) is 3.18. The molecule has 1 amide bonds. The van der Waals surface area contributed by atoms with E-state index in [0.717, 1.165) is 11.1 Å². The SMILES string of the molecule is CC(C)c1ccc(S(=O)(=O)N2CCC[C@H]2C(=O)NCc2ccccc2)cc1. The maximum Gasteiger partial charge on any atom is 0.243 e. The molecule has 1 atom stereocenters. The van der Waals surface area contributed by atoms with Crippen LogP contribution in [0.2, 0.25) is 0 Å². The summed E-state index contributed by atoms with van der Waals surface area (Å²) >= 11 is 0. The minimum Gasteiger partial charge on any atom is -0.351 e. The number of amides is 1. The summed E-state index contributed by atoms with van der Waals surface area (Å²) in [6.07, 6.45) is 1.23. The van der Waals surface area contributed by atoms with Gasteiger partial charge in [-0.1, -0.05) is 56.3 Å². The number of benzene rings is 2. The zero-order valence-electron chi connectivity index (χ0n) is 15.8. The highest BCUT2D eigenvalue weighted by Gasteiger charge is 2.39. The molecule has 1 N–H and O–H groups in total. The van der Waals surface area contributed by atoms with Gasteiger partial charge in [-0.15, -0.1) is 0 Å². The first-order chi connectivity index (χ1) is 12.9. The van der Waals surface area contributed by atoms with Gasteiger partial charge in [0.1, 0.15) is 6.04 Å². The van der Waals surface area contributed by atoms with E-state index in [4.69, 9.17) is 0 Å². The fourth-order valence-corrected chi connectivity index (χ4v) is 5.01. The number of carbonyl (C=O) groups excluding carboxylic acids is 1. The Balaban J connectivity index is 1.73. The van der Waals surface area contributed by atoms with Gasteiger partial charge in [0, 0.05) is 13.1 Å². The van der Waals surface area contributed by atoms with E-state index in [9.17, 15) is 13.2 Å². The Bertz CT molecular complexity index is 877. The van der Waals surface area contributed by atoms with E-state index in [0.29, 0.717) is 31.8 Å². The molecule has 1 heterocycles. The maximum absolute atomic E-state index is 13.1. The zero-order chi connectivity index (χ0) is 19.4. The lowest BCUT2D eigenvalue weighted by atomic mass is 10.0. The van der Waals surface area contributed by atoms with Gasteiger partial charge in [-0.3, -0.25) is 4.79 Å². The van der Waals surface area contributed by atoms with Gasteiger partial charge in [0.05, 0.1) is 4.90 Å². The van der Waals surface area contributed by atoms with Gasteiger partial charge < -0.3 is 5.32 Å². The van der Waals surface area contributed by atoms with Gasteiger partial charge >= 0.3 is 0 Å². The Kier molecular flexibility index (Phi) is 5.97. The Morgan fingerprint density at radius 2 is 1.78 bits per heavy atom. The number of nitrogens with one attached hydrogen (secondary N) is 1. The number of nitrogens with zero attached hydrogens (tertiary/aromatic N) is 1. The molecule has 27 heavy (non-hydrogen) atoms. The third kappa shape index (κ3) is 4.39. The third-order valence-electron chi connectivity index (χ3n) is 4.97. The molecule has 144 valence electrons. The third-order valence-corrected chi connectivity index (χ3v) is 6.89. The molecular weight excluding hydrogens is 360 g/mol. The van der Waals surface area contributed by atoms with Crippen molar-refractivity contribution < 1.29 is 13.2 Å². The molecule has 2 aromatic carbocycles. The van der Waals surface area contributed by atoms with Crippen LogP contribution in [-0.4, -0.2) is 31.2 Å². The number of rotatable bonds is 6. The van der Waals surface area contributed by atoms with Crippen molar-refractivity contribution in [3.05, 3.63) is 65.7 Å². The fourth-order valence-electron chi connectivity index (χ4n) is 3.35. The van der Waals surface area contributed by atoms with E-state index in [1.807, 2.05) is 42.5 Å². The summed E-state index contributed by atoms with van der Waals surface area (Å²) in [5.74, 6) is 0.101. The van der Waals surface area contributed by atoms with Gasteiger partial charge in [0.15, 0.2) is 0 Å². The molecule has 1 saturated heterocycles. The minimum atomic E-state index is -3.69. The molecule has 1 aliphatic rings. The van der Waals surface area contributed by atoms with E-state index < -0.39 is 16.1 Å². The van der Waals surface area contributed by atoms with Gasteiger partial charge in [-0.25, -0.2) is 8.42 Å². The van der Waals surface area contributed by atoms with Gasteiger partial charge in [0.2, 0.25) is 15.9 Å². The van der Waals surface area contributed by atoms with Crippen LogP contribution in [0.25, 0.3) is 0 Å². The second kappa shape index (κ2) is 8.23. The molecule has 0 radical (unpaired) electrons. The van der Waals surface area contributed by atoms with Gasteiger partial charge in [-0.05, 0) is 42.0 Å². The normalized spacial score (nSPS) is 18.0. The zero-order valence-corrected chi connectivity index (χ0v) is 16.6. The summed E-state index contributed by atoms with van der Waals surface area (Å²) in [4.78, 5) is 12.9. The quantitative estimate of drug-likeness (QED) is 0.828. The van der Waals surface area contributed by atoms with Crippen molar-refractivity contribution in [2.45, 2.75) is 50.1 Å². The summed E-state index contributed by atoms with van der Waals surface area (Å²) in [5.41, 5.74) is 2.08. The average molecular weight is 387 g/mol. The largest absolute Gasteiger partial charge is 0.351 e. The van der Waals surface area contributed by atoms with Crippen molar-refractivity contribution in [3.63, 3.8) is 0 Å². The number of carbonyl (C=O) groups is 1. The van der Waals surface area contributed by atoms with Gasteiger partial charge in [0.25, 0.3) is 0 Å². The van der Waals surface area contributed by atoms with Crippen LogP contribution in [0.5, 0.6) is 0 Å². The first-order valence-electron chi connectivity index (χ1n) is 9.33. The molecule has 0 aliphatic carbocycles. The lowest BCUT2D eigenvalue weighted by Crippen LogP contribution is -2.45. The molecule has 0 bridgehead atoms. The number of hydrogen-bond donors (Lipinski definition) is 1. The summed E-state index contributed by atoms with van der Waals surface area (Å²) in [5, 5.41) is 2.87. The van der Waals surface area contributed by atoms with Crippen LogP contribution >= 0.6 is 0 Å². The molecule has 2 aromatic rings. The number of sulfonamides is 1. The maximum atomic E-state index is 13.1. The van der Waals surface area contributed by atoms with E-state index in [2.05, 4.69) is 19.2 Å². The van der Waals surface area contributed by atoms with Crippen molar-refractivity contribution >= 4 is 15.9 Å². The highest BCUT2D eigenvalue weighted by atomic mass is 32.2. The van der Waals surface area contributed by atoms with Crippen LogP contribution in [0, 0.1) is 0 Å². The predicted molar refractivity (Wildman–Crippen MR) is 106 cm³/mol. The van der Waals surface area contributed by atoms with E-state index >= 15 is 0 Å². The van der Waals surface area contributed by atoms with Crippen molar-refractivity contribution in [2.24, 2.45) is 0 Å². The first-order valence-corrected chi connectivity index (χ1v) is 10.8. The van der Waals surface area contributed by atoms with E-state index in [1.165, 1.54) is 4.31 Å². The molecule has 6 heteroatoms. The lowest BCUT2D eigenvalue weighted by molar-refractivity contribution is -0.124. The molecule has 1 aliphatic heterocycles. The summed E-state index contributed by atoms with van der Waals surface area (Å²) < 4.78 is 27.4. The highest BCUT2D eigenvalue weighted by molar-refractivity contribution is 7.89. The van der Waals surface area contributed by atoms with Crippen LogP contribution in [-0.2, 0) is 21.4 Å². The van der Waals surface area contributed by atoms with Crippen molar-refractivity contribution in [1.82, 2.24) is 9.62 Å². The van der Waals surface area contributed by atoms with Crippen molar-refractivity contribution in [1.29, 1.82) is 0 Å². The molecule has 0 unspecified atom stereocenters. The smallest absolute Gasteiger partial charge is 0.243 e. The van der Waals surface area contributed by atoms with E-state index in [-0.39, 0.29) is 10.8 Å². The fraction of sp³-hybridized carbons (Fsp3) is 0.381. The Labute approximate surface area is 161 Å². The highest BCUT2D eigenvalue weighted by Crippen LogP contribution is 2.27. The van der Waals surface area contributed by atoms with Crippen molar-refractivity contribution in [2.75, 3.05) is 6.54 Å². The van der Waals surface area contributed by atoms with Crippen LogP contribution in [0.15, 0.2) is 59.5 Å². The predicted octanol–water partition coefficient (Wildman–Crippen LogP) is 3.28. The molecular formula is C21H26N2O3S. The molecule has 0 saturated carbocycles. The second-order valence-corrected chi connectivity index (χ2v) is 9.09. The Morgan fingerprint density at radius 3 is 2.41 bits per heavy atom. The topological polar surface area (TPSA) is 66.5 Å². The van der Waals surface area contributed by atoms with Crippen molar-refractivity contribution in [3.8, 4) is 0 Å². The molecule has 0 aromatic heterocycles. The van der Waals surface area contributed by atoms with Gasteiger partial charge in [-0.2, -0.15) is 4.31 Å². The van der Waals surface area contributed by atoms with E-state index in [1.54, 1.807) is 12.1 Å². The first kappa shape index (κ1) is 19.6. The molecule has 5 nitrogen and oxygen atoms in total. The molecule has 0 spiro atoms. The summed E-state index contributed by atoms with van der Waals surface area (Å²) in [6, 6.07) is 15.9. The Morgan fingerprint density at radius 1 is 1.11 bits per heavy atom. The molecule has 3 rings (SSSR count). The molecule has 1 fully saturated rings. The minimum absolute atomic E-state index is 0.237. The summed E-state index contributed by atoms with van der Waals surface area (Å²) in [7, 11) is -3.69. The van der Waals surface area contributed by atoms with Crippen LogP contribution in [0.4, 0.5) is 0 Å². The summed E-state index contributed by atoms with van der Waals surface area (Å²) in [6.45, 7) is 4.90.